The van der Waals surface area contributed by atoms with Crippen LogP contribution in [0.5, 0.6) is 0 Å². The molecule has 2 N–H and O–H groups in total. The number of hydrogen-bond acceptors (Lipinski definition) is 4. The Labute approximate surface area is 135 Å². The van der Waals surface area contributed by atoms with Gasteiger partial charge in [-0.1, -0.05) is 56.3 Å². The molecule has 0 bridgehead atoms. The quantitative estimate of drug-likeness (QED) is 0.915. The predicted octanol–water partition coefficient (Wildman–Crippen LogP) is 3.22. The number of aliphatic imine (C=N–C) groups is 1. The van der Waals surface area contributed by atoms with E-state index in [1.807, 2.05) is 32.0 Å². The minimum absolute atomic E-state index is 0.0569. The highest BCUT2D eigenvalue weighted by atomic mass is 16.5. The maximum atomic E-state index is 11.7. The number of rotatable bonds is 3. The second-order valence-electron chi connectivity index (χ2n) is 6.07. The van der Waals surface area contributed by atoms with Gasteiger partial charge in [-0.3, -0.25) is 10.3 Å². The Morgan fingerprint density at radius 1 is 1.30 bits per heavy atom. The normalized spacial score (nSPS) is 17.0. The van der Waals surface area contributed by atoms with Crippen LogP contribution in [0.2, 0.25) is 0 Å². The van der Waals surface area contributed by atoms with E-state index in [-0.39, 0.29) is 6.04 Å². The van der Waals surface area contributed by atoms with Gasteiger partial charge < -0.3 is 10.1 Å². The number of fused-ring (bicyclic) bond motifs is 1. The number of amides is 1. The van der Waals surface area contributed by atoms with E-state index in [9.17, 15) is 4.79 Å². The largest absolute Gasteiger partial charge is 0.449 e. The summed E-state index contributed by atoms with van der Waals surface area (Å²) in [6.07, 6.45) is -0.469. The van der Waals surface area contributed by atoms with Crippen LogP contribution in [-0.2, 0) is 4.74 Å². The maximum Gasteiger partial charge on any atom is 0.413 e. The fraction of sp³-hybridized carbons (Fsp3) is 0.333. The highest BCUT2D eigenvalue weighted by molar-refractivity contribution is 5.95. The Morgan fingerprint density at radius 3 is 2.91 bits per heavy atom. The van der Waals surface area contributed by atoms with Crippen molar-refractivity contribution in [2.75, 3.05) is 13.2 Å². The van der Waals surface area contributed by atoms with Crippen LogP contribution in [0, 0.1) is 5.92 Å². The molecule has 0 spiro atoms. The fourth-order valence-electron chi connectivity index (χ4n) is 2.62. The first kappa shape index (κ1) is 15.3. The predicted molar refractivity (Wildman–Crippen MR) is 91.4 cm³/mol. The van der Waals surface area contributed by atoms with E-state index in [0.717, 1.165) is 0 Å². The minimum atomic E-state index is -0.469. The standard InChI is InChI=1S/C18H21N3O2/c1-12(2)11-23-18(22)21-17-19-10-16(20-17)15-9-5-7-13-6-3-4-8-14(13)15/h3-9,12,16H,10-11H2,1-2H3,(H2,19,20,21,22). The van der Waals surface area contributed by atoms with Gasteiger partial charge in [0.05, 0.1) is 19.2 Å². The Morgan fingerprint density at radius 2 is 2.09 bits per heavy atom. The fourth-order valence-corrected chi connectivity index (χ4v) is 2.62. The van der Waals surface area contributed by atoms with Crippen molar-refractivity contribution in [1.29, 1.82) is 0 Å². The molecule has 0 saturated carbocycles. The number of alkyl carbamates (subject to hydrolysis) is 1. The molecule has 3 rings (SSSR count). The van der Waals surface area contributed by atoms with Gasteiger partial charge in [-0.05, 0) is 22.3 Å². The summed E-state index contributed by atoms with van der Waals surface area (Å²) < 4.78 is 5.11. The van der Waals surface area contributed by atoms with Crippen molar-refractivity contribution >= 4 is 22.8 Å². The molecule has 5 heteroatoms. The number of nitrogens with zero attached hydrogens (tertiary/aromatic N) is 1. The van der Waals surface area contributed by atoms with Crippen molar-refractivity contribution < 1.29 is 9.53 Å². The van der Waals surface area contributed by atoms with Gasteiger partial charge in [0, 0.05) is 0 Å². The summed E-state index contributed by atoms with van der Waals surface area (Å²) in [6.45, 7) is 4.98. The molecule has 0 fully saturated rings. The molecule has 0 radical (unpaired) electrons. The number of ether oxygens (including phenoxy) is 1. The number of nitrogens with one attached hydrogen (secondary N) is 2. The molecule has 1 atom stereocenters. The lowest BCUT2D eigenvalue weighted by Crippen LogP contribution is -2.39. The van der Waals surface area contributed by atoms with Crippen LogP contribution < -0.4 is 10.6 Å². The van der Waals surface area contributed by atoms with Gasteiger partial charge in [0.15, 0.2) is 0 Å². The van der Waals surface area contributed by atoms with Crippen LogP contribution in [0.3, 0.4) is 0 Å². The van der Waals surface area contributed by atoms with E-state index in [0.29, 0.717) is 25.0 Å². The molecule has 2 aromatic rings. The maximum absolute atomic E-state index is 11.7. The minimum Gasteiger partial charge on any atom is -0.449 e. The van der Waals surface area contributed by atoms with E-state index in [4.69, 9.17) is 4.74 Å². The van der Waals surface area contributed by atoms with Gasteiger partial charge in [-0.2, -0.15) is 0 Å². The third-order valence-electron chi connectivity index (χ3n) is 3.71. The second-order valence-corrected chi connectivity index (χ2v) is 6.07. The molecule has 1 heterocycles. The third-order valence-corrected chi connectivity index (χ3v) is 3.71. The van der Waals surface area contributed by atoms with Gasteiger partial charge >= 0.3 is 6.09 Å². The summed E-state index contributed by atoms with van der Waals surface area (Å²) in [4.78, 5) is 16.1. The van der Waals surface area contributed by atoms with E-state index in [1.54, 1.807) is 0 Å². The number of hydrogen-bond donors (Lipinski definition) is 2. The van der Waals surface area contributed by atoms with E-state index in [1.165, 1.54) is 16.3 Å². The Kier molecular flexibility index (Phi) is 4.46. The number of benzene rings is 2. The summed E-state index contributed by atoms with van der Waals surface area (Å²) in [6, 6.07) is 14.5. The van der Waals surface area contributed by atoms with E-state index >= 15 is 0 Å². The van der Waals surface area contributed by atoms with E-state index in [2.05, 4.69) is 39.9 Å². The average Bonchev–Trinajstić information content (AvgIpc) is 3.00. The SMILES string of the molecule is CC(C)COC(=O)NC1=NCC(c2cccc3ccccc23)N1. The van der Waals surface area contributed by atoms with Crippen LogP contribution in [0.15, 0.2) is 47.5 Å². The molecule has 1 amide bonds. The first-order chi connectivity index (χ1) is 11.1. The number of guanidine groups is 1. The molecule has 2 aromatic carbocycles. The van der Waals surface area contributed by atoms with Gasteiger partial charge in [0.1, 0.15) is 0 Å². The van der Waals surface area contributed by atoms with Crippen LogP contribution in [0.25, 0.3) is 10.8 Å². The number of carbonyl (C=O) groups excluding carboxylic acids is 1. The number of carbonyl (C=O) groups is 1. The summed E-state index contributed by atoms with van der Waals surface area (Å²) in [5, 5.41) is 8.31. The molecule has 0 saturated heterocycles. The lowest BCUT2D eigenvalue weighted by molar-refractivity contribution is 0.138. The lowest BCUT2D eigenvalue weighted by atomic mass is 9.99. The molecule has 1 unspecified atom stereocenters. The van der Waals surface area contributed by atoms with Crippen molar-refractivity contribution in [3.8, 4) is 0 Å². The Hall–Kier alpha value is -2.56. The molecule has 120 valence electrons. The summed E-state index contributed by atoms with van der Waals surface area (Å²) in [5.41, 5.74) is 1.18. The van der Waals surface area contributed by atoms with Gasteiger partial charge in [0.2, 0.25) is 5.96 Å². The third kappa shape index (κ3) is 3.62. The molecular weight excluding hydrogens is 290 g/mol. The van der Waals surface area contributed by atoms with Crippen molar-refractivity contribution in [2.24, 2.45) is 10.9 Å². The smallest absolute Gasteiger partial charge is 0.413 e. The van der Waals surface area contributed by atoms with Crippen molar-refractivity contribution in [3.05, 3.63) is 48.0 Å². The van der Waals surface area contributed by atoms with Crippen LogP contribution in [0.4, 0.5) is 4.79 Å². The Bertz CT molecular complexity index is 735. The molecular formula is C18H21N3O2. The molecule has 5 nitrogen and oxygen atoms in total. The average molecular weight is 311 g/mol. The van der Waals surface area contributed by atoms with Gasteiger partial charge in [0.25, 0.3) is 0 Å². The molecule has 1 aliphatic rings. The zero-order chi connectivity index (χ0) is 16.2. The van der Waals surface area contributed by atoms with Crippen LogP contribution in [-0.4, -0.2) is 25.2 Å². The lowest BCUT2D eigenvalue weighted by Gasteiger charge is -2.15. The van der Waals surface area contributed by atoms with Gasteiger partial charge in [-0.15, -0.1) is 0 Å². The molecule has 1 aliphatic heterocycles. The summed E-state index contributed by atoms with van der Waals surface area (Å²) >= 11 is 0. The first-order valence-corrected chi connectivity index (χ1v) is 7.86. The van der Waals surface area contributed by atoms with Crippen LogP contribution in [0.1, 0.15) is 25.5 Å². The topological polar surface area (TPSA) is 62.7 Å². The Balaban J connectivity index is 1.65. The molecule has 0 aliphatic carbocycles. The highest BCUT2D eigenvalue weighted by Crippen LogP contribution is 2.26. The van der Waals surface area contributed by atoms with Crippen molar-refractivity contribution in [2.45, 2.75) is 19.9 Å². The van der Waals surface area contributed by atoms with Crippen molar-refractivity contribution in [1.82, 2.24) is 10.6 Å². The molecule has 23 heavy (non-hydrogen) atoms. The first-order valence-electron chi connectivity index (χ1n) is 7.86. The highest BCUT2D eigenvalue weighted by Gasteiger charge is 2.22. The van der Waals surface area contributed by atoms with E-state index < -0.39 is 6.09 Å². The zero-order valence-electron chi connectivity index (χ0n) is 13.4. The zero-order valence-corrected chi connectivity index (χ0v) is 13.4. The molecule has 0 aromatic heterocycles. The monoisotopic (exact) mass is 311 g/mol. The van der Waals surface area contributed by atoms with Crippen molar-refractivity contribution in [3.63, 3.8) is 0 Å². The summed E-state index contributed by atoms with van der Waals surface area (Å²) in [5.74, 6) is 0.777. The van der Waals surface area contributed by atoms with Gasteiger partial charge in [-0.25, -0.2) is 4.79 Å². The second kappa shape index (κ2) is 6.69. The summed E-state index contributed by atoms with van der Waals surface area (Å²) in [7, 11) is 0. The van der Waals surface area contributed by atoms with Crippen LogP contribution >= 0.6 is 0 Å².